The number of alkyl carbamates (subject to hydrolysis) is 1. The fraction of sp³-hybridized carbons (Fsp3) is 0.389. The monoisotopic (exact) mass is 328 g/mol. The zero-order chi connectivity index (χ0) is 17.7. The lowest BCUT2D eigenvalue weighted by Crippen LogP contribution is -2.38. The van der Waals surface area contributed by atoms with Crippen LogP contribution >= 0.6 is 0 Å². The second kappa shape index (κ2) is 7.29. The third-order valence-electron chi connectivity index (χ3n) is 3.22. The Bertz CT molecular complexity index is 701. The molecule has 24 heavy (non-hydrogen) atoms. The summed E-state index contributed by atoms with van der Waals surface area (Å²) in [5.74, 6) is 0. The number of nitrogens with zero attached hydrogens (tertiary/aromatic N) is 2. The van der Waals surface area contributed by atoms with Crippen molar-refractivity contribution in [3.05, 3.63) is 48.5 Å². The van der Waals surface area contributed by atoms with Gasteiger partial charge in [0.15, 0.2) is 0 Å². The predicted octanol–water partition coefficient (Wildman–Crippen LogP) is 3.54. The highest BCUT2D eigenvalue weighted by Gasteiger charge is 2.19. The van der Waals surface area contributed by atoms with Crippen LogP contribution in [0.3, 0.4) is 0 Å². The van der Waals surface area contributed by atoms with Gasteiger partial charge in [-0.2, -0.15) is 0 Å². The van der Waals surface area contributed by atoms with E-state index in [1.165, 1.54) is 0 Å². The summed E-state index contributed by atoms with van der Waals surface area (Å²) in [6, 6.07) is 9.59. The van der Waals surface area contributed by atoms with E-state index in [0.717, 1.165) is 5.69 Å². The standard InChI is InChI=1S/C18H24N4O2/c1-13(21-17(23)24-18(2,3)4)10-15(19)16-11-22(12-20-16)14-8-6-5-7-9-14/h5-9,11-13,19H,10H2,1-4H3,(H,21,23)/t13-/m0/s1. The molecular formula is C18H24N4O2. The van der Waals surface area contributed by atoms with E-state index in [1.807, 2.05) is 68.8 Å². The molecule has 1 heterocycles. The summed E-state index contributed by atoms with van der Waals surface area (Å²) in [5, 5.41) is 10.9. The number of aromatic nitrogens is 2. The summed E-state index contributed by atoms with van der Waals surface area (Å²) in [5.41, 5.74) is 1.42. The Balaban J connectivity index is 1.93. The molecule has 1 aromatic carbocycles. The number of nitrogens with one attached hydrogen (secondary N) is 2. The molecule has 6 nitrogen and oxygen atoms in total. The Labute approximate surface area is 142 Å². The van der Waals surface area contributed by atoms with Crippen LogP contribution in [0.2, 0.25) is 0 Å². The molecule has 1 amide bonds. The van der Waals surface area contributed by atoms with Crippen LogP contribution in [0.4, 0.5) is 4.79 Å². The second-order valence-corrected chi connectivity index (χ2v) is 6.73. The van der Waals surface area contributed by atoms with Crippen molar-refractivity contribution in [2.45, 2.75) is 45.8 Å². The molecule has 0 spiro atoms. The maximum atomic E-state index is 11.8. The minimum absolute atomic E-state index is 0.214. The molecule has 6 heteroatoms. The molecule has 0 saturated carbocycles. The number of rotatable bonds is 5. The van der Waals surface area contributed by atoms with E-state index in [1.54, 1.807) is 6.33 Å². The molecule has 1 aromatic heterocycles. The number of carbonyl (C=O) groups excluding carboxylic acids is 1. The Morgan fingerprint density at radius 1 is 1.33 bits per heavy atom. The molecule has 0 fully saturated rings. The fourth-order valence-electron chi connectivity index (χ4n) is 2.19. The van der Waals surface area contributed by atoms with E-state index in [4.69, 9.17) is 10.1 Å². The van der Waals surface area contributed by atoms with Crippen LogP contribution in [0.5, 0.6) is 0 Å². The van der Waals surface area contributed by atoms with Crippen molar-refractivity contribution in [1.29, 1.82) is 5.41 Å². The molecule has 0 bridgehead atoms. The van der Waals surface area contributed by atoms with Gasteiger partial charge in [-0.15, -0.1) is 0 Å². The molecule has 2 N–H and O–H groups in total. The molecule has 0 radical (unpaired) electrons. The molecule has 0 saturated heterocycles. The molecule has 0 aliphatic heterocycles. The van der Waals surface area contributed by atoms with Gasteiger partial charge in [-0.25, -0.2) is 9.78 Å². The Kier molecular flexibility index (Phi) is 5.39. The third kappa shape index (κ3) is 5.22. The molecule has 1 atom stereocenters. The quantitative estimate of drug-likeness (QED) is 0.824. The fourth-order valence-corrected chi connectivity index (χ4v) is 2.19. The first-order valence-corrected chi connectivity index (χ1v) is 7.91. The first-order chi connectivity index (χ1) is 11.2. The number of hydrogen-bond acceptors (Lipinski definition) is 4. The van der Waals surface area contributed by atoms with Crippen LogP contribution in [0.15, 0.2) is 42.9 Å². The third-order valence-corrected chi connectivity index (χ3v) is 3.22. The smallest absolute Gasteiger partial charge is 0.407 e. The lowest BCUT2D eigenvalue weighted by atomic mass is 10.1. The van der Waals surface area contributed by atoms with Crippen LogP contribution in [0.25, 0.3) is 5.69 Å². The van der Waals surface area contributed by atoms with E-state index in [-0.39, 0.29) is 6.04 Å². The van der Waals surface area contributed by atoms with E-state index < -0.39 is 11.7 Å². The maximum absolute atomic E-state index is 11.8. The van der Waals surface area contributed by atoms with E-state index >= 15 is 0 Å². The number of hydrogen-bond donors (Lipinski definition) is 2. The summed E-state index contributed by atoms with van der Waals surface area (Å²) < 4.78 is 7.09. The van der Waals surface area contributed by atoms with E-state index in [2.05, 4.69) is 10.3 Å². The van der Waals surface area contributed by atoms with Crippen molar-refractivity contribution in [3.63, 3.8) is 0 Å². The normalized spacial score (nSPS) is 12.5. The second-order valence-electron chi connectivity index (χ2n) is 6.73. The van der Waals surface area contributed by atoms with Gasteiger partial charge in [-0.3, -0.25) is 0 Å². The lowest BCUT2D eigenvalue weighted by molar-refractivity contribution is 0.0510. The molecule has 128 valence electrons. The Morgan fingerprint density at radius 2 is 2.00 bits per heavy atom. The number of imidazole rings is 1. The summed E-state index contributed by atoms with van der Waals surface area (Å²) in [7, 11) is 0. The minimum atomic E-state index is -0.536. The van der Waals surface area contributed by atoms with Crippen LogP contribution < -0.4 is 5.32 Å². The van der Waals surface area contributed by atoms with Crippen molar-refractivity contribution in [2.24, 2.45) is 0 Å². The average Bonchev–Trinajstić information content (AvgIpc) is 2.95. The SMILES string of the molecule is C[C@@H](CC(=N)c1cn(-c2ccccc2)cn1)NC(=O)OC(C)(C)C. The van der Waals surface area contributed by atoms with Gasteiger partial charge in [0.2, 0.25) is 0 Å². The van der Waals surface area contributed by atoms with E-state index in [0.29, 0.717) is 17.8 Å². The zero-order valence-electron chi connectivity index (χ0n) is 14.5. The van der Waals surface area contributed by atoms with Crippen LogP contribution in [-0.4, -0.2) is 33.0 Å². The van der Waals surface area contributed by atoms with Gasteiger partial charge < -0.3 is 20.0 Å². The van der Waals surface area contributed by atoms with Crippen LogP contribution in [0, 0.1) is 5.41 Å². The summed E-state index contributed by atoms with van der Waals surface area (Å²) in [4.78, 5) is 16.0. The first-order valence-electron chi connectivity index (χ1n) is 7.91. The van der Waals surface area contributed by atoms with Crippen molar-refractivity contribution in [1.82, 2.24) is 14.9 Å². The van der Waals surface area contributed by atoms with Gasteiger partial charge in [0.25, 0.3) is 0 Å². The molecule has 0 aliphatic rings. The summed E-state index contributed by atoms with van der Waals surface area (Å²) in [6.45, 7) is 7.28. The topological polar surface area (TPSA) is 80.0 Å². The van der Waals surface area contributed by atoms with Gasteiger partial charge >= 0.3 is 6.09 Å². The number of carbonyl (C=O) groups is 1. The maximum Gasteiger partial charge on any atom is 0.407 e. The summed E-state index contributed by atoms with van der Waals surface area (Å²) in [6.07, 6.45) is 3.41. The van der Waals surface area contributed by atoms with Crippen molar-refractivity contribution in [3.8, 4) is 5.69 Å². The molecule has 0 unspecified atom stereocenters. The number of amides is 1. The first kappa shape index (κ1) is 17.7. The zero-order valence-corrected chi connectivity index (χ0v) is 14.5. The van der Waals surface area contributed by atoms with E-state index in [9.17, 15) is 4.79 Å². The highest BCUT2D eigenvalue weighted by molar-refractivity contribution is 5.96. The highest BCUT2D eigenvalue weighted by Crippen LogP contribution is 2.11. The number of para-hydroxylation sites is 1. The molecule has 0 aliphatic carbocycles. The van der Waals surface area contributed by atoms with Crippen molar-refractivity contribution in [2.75, 3.05) is 0 Å². The minimum Gasteiger partial charge on any atom is -0.444 e. The largest absolute Gasteiger partial charge is 0.444 e. The summed E-state index contributed by atoms with van der Waals surface area (Å²) >= 11 is 0. The highest BCUT2D eigenvalue weighted by atomic mass is 16.6. The van der Waals surface area contributed by atoms with Crippen molar-refractivity contribution >= 4 is 11.8 Å². The lowest BCUT2D eigenvalue weighted by Gasteiger charge is -2.21. The average molecular weight is 328 g/mol. The molecular weight excluding hydrogens is 304 g/mol. The van der Waals surface area contributed by atoms with Gasteiger partial charge in [0.1, 0.15) is 11.3 Å². The van der Waals surface area contributed by atoms with Crippen LogP contribution in [0.1, 0.15) is 39.8 Å². The molecule has 2 rings (SSSR count). The Hall–Kier alpha value is -2.63. The van der Waals surface area contributed by atoms with Crippen molar-refractivity contribution < 1.29 is 9.53 Å². The van der Waals surface area contributed by atoms with Gasteiger partial charge in [-0.05, 0) is 39.8 Å². The van der Waals surface area contributed by atoms with Gasteiger partial charge in [0, 0.05) is 24.3 Å². The number of benzene rings is 1. The predicted molar refractivity (Wildman–Crippen MR) is 93.8 cm³/mol. The molecule has 2 aromatic rings. The van der Waals surface area contributed by atoms with Gasteiger partial charge in [-0.1, -0.05) is 18.2 Å². The van der Waals surface area contributed by atoms with Gasteiger partial charge in [0.05, 0.1) is 12.0 Å². The number of ether oxygens (including phenoxy) is 1. The Morgan fingerprint density at radius 3 is 2.62 bits per heavy atom. The van der Waals surface area contributed by atoms with Crippen LogP contribution in [-0.2, 0) is 4.74 Å².